The predicted molar refractivity (Wildman–Crippen MR) is 148 cm³/mol. The van der Waals surface area contributed by atoms with E-state index < -0.39 is 0 Å². The van der Waals surface area contributed by atoms with Gasteiger partial charge in [0.25, 0.3) is 0 Å². The molecule has 0 radical (unpaired) electrons. The summed E-state index contributed by atoms with van der Waals surface area (Å²) in [5.41, 5.74) is 2.28. The van der Waals surface area contributed by atoms with Crippen molar-refractivity contribution in [1.82, 2.24) is 14.7 Å². The predicted octanol–water partition coefficient (Wildman–Crippen LogP) is 5.89. The Morgan fingerprint density at radius 2 is 1.54 bits per heavy atom. The first kappa shape index (κ1) is 27.9. The molecule has 6 atom stereocenters. The lowest BCUT2D eigenvalue weighted by molar-refractivity contribution is -0.138. The molecule has 0 aromatic carbocycles. The van der Waals surface area contributed by atoms with Crippen molar-refractivity contribution in [1.29, 1.82) is 0 Å². The lowest BCUT2D eigenvalue weighted by atomic mass is 9.46. The zero-order valence-corrected chi connectivity index (χ0v) is 24.3. The van der Waals surface area contributed by atoms with Crippen molar-refractivity contribution in [3.8, 4) is 0 Å². The molecule has 0 saturated heterocycles. The molecule has 4 rings (SSSR count). The van der Waals surface area contributed by atoms with Gasteiger partial charge in [-0.3, -0.25) is 14.5 Å². The average Bonchev–Trinajstić information content (AvgIpc) is 3.30. The molecule has 4 aliphatic rings. The molecule has 0 aromatic heterocycles. The third-order valence-corrected chi connectivity index (χ3v) is 10.9. The molecule has 4 aliphatic carbocycles. The van der Waals surface area contributed by atoms with Crippen molar-refractivity contribution >= 4 is 17.8 Å². The van der Waals surface area contributed by atoms with Gasteiger partial charge in [0, 0.05) is 38.8 Å². The van der Waals surface area contributed by atoms with Crippen molar-refractivity contribution in [2.75, 3.05) is 33.2 Å². The van der Waals surface area contributed by atoms with Crippen LogP contribution in [0, 0.1) is 34.5 Å². The van der Waals surface area contributed by atoms with Gasteiger partial charge in [0.1, 0.15) is 0 Å². The molecular weight excluding hydrogens is 462 g/mol. The number of allylic oxidation sites excluding steroid dienone is 2. The second kappa shape index (κ2) is 10.6. The van der Waals surface area contributed by atoms with Crippen LogP contribution in [0.25, 0.3) is 0 Å². The monoisotopic (exact) mass is 511 g/mol. The lowest BCUT2D eigenvalue weighted by Crippen LogP contribution is -2.55. The number of rotatable bonds is 6. The number of imide groups is 1. The van der Waals surface area contributed by atoms with Crippen LogP contribution in [0.1, 0.15) is 86.5 Å². The molecule has 4 amide bonds. The fraction of sp³-hybridized carbons (Fsp3) is 0.774. The summed E-state index contributed by atoms with van der Waals surface area (Å²) in [4.78, 5) is 45.6. The number of amides is 4. The Kier molecular flexibility index (Phi) is 7.97. The highest BCUT2D eigenvalue weighted by atomic mass is 16.2. The number of hydrogen-bond acceptors (Lipinski definition) is 3. The van der Waals surface area contributed by atoms with Crippen molar-refractivity contribution in [2.24, 2.45) is 34.5 Å². The topological polar surface area (TPSA) is 60.9 Å². The number of fused-ring (bicyclic) bond motifs is 5. The molecule has 0 aliphatic heterocycles. The van der Waals surface area contributed by atoms with Gasteiger partial charge in [-0.2, -0.15) is 0 Å². The third kappa shape index (κ3) is 4.57. The van der Waals surface area contributed by atoms with Crippen LogP contribution in [-0.2, 0) is 9.59 Å². The van der Waals surface area contributed by atoms with Crippen LogP contribution >= 0.6 is 0 Å². The van der Waals surface area contributed by atoms with Crippen molar-refractivity contribution in [3.63, 3.8) is 0 Å². The maximum absolute atomic E-state index is 14.2. The normalized spacial score (nSPS) is 34.4. The smallest absolute Gasteiger partial charge is 0.326 e. The molecule has 6 nitrogen and oxygen atoms in total. The van der Waals surface area contributed by atoms with Crippen LogP contribution < -0.4 is 0 Å². The Hall–Kier alpha value is -2.11. The third-order valence-electron chi connectivity index (χ3n) is 10.9. The van der Waals surface area contributed by atoms with Gasteiger partial charge in [-0.15, -0.1) is 0 Å². The van der Waals surface area contributed by atoms with E-state index in [2.05, 4.69) is 26.0 Å². The van der Waals surface area contributed by atoms with E-state index in [1.165, 1.54) is 30.6 Å². The fourth-order valence-corrected chi connectivity index (χ4v) is 8.48. The summed E-state index contributed by atoms with van der Waals surface area (Å²) in [7, 11) is 1.66. The molecule has 2 fully saturated rings. The Morgan fingerprint density at radius 3 is 2.16 bits per heavy atom. The van der Waals surface area contributed by atoms with Gasteiger partial charge >= 0.3 is 6.03 Å². The van der Waals surface area contributed by atoms with E-state index in [1.807, 2.05) is 32.6 Å². The Bertz CT molecular complexity index is 978. The van der Waals surface area contributed by atoms with E-state index in [-0.39, 0.29) is 40.5 Å². The molecule has 0 N–H and O–H groups in total. The van der Waals surface area contributed by atoms with Crippen molar-refractivity contribution < 1.29 is 14.4 Å². The van der Waals surface area contributed by atoms with E-state index in [0.29, 0.717) is 38.0 Å². The highest BCUT2D eigenvalue weighted by Gasteiger charge is 2.59. The number of likely N-dealkylation sites (N-methyl/N-ethyl adjacent to an activating group) is 1. The van der Waals surface area contributed by atoms with E-state index in [4.69, 9.17) is 0 Å². The number of hydrogen-bond donors (Lipinski definition) is 0. The molecule has 0 unspecified atom stereocenters. The number of carbonyl (C=O) groups is 3. The van der Waals surface area contributed by atoms with E-state index >= 15 is 0 Å². The number of carbonyl (C=O) groups excluding carboxylic acids is 3. The van der Waals surface area contributed by atoms with Gasteiger partial charge in [-0.1, -0.05) is 32.4 Å². The first-order chi connectivity index (χ1) is 17.6. The summed E-state index contributed by atoms with van der Waals surface area (Å²) in [5.74, 6) is 0.889. The second-order valence-corrected chi connectivity index (χ2v) is 12.4. The van der Waals surface area contributed by atoms with Crippen LogP contribution in [0.3, 0.4) is 0 Å². The average molecular weight is 512 g/mol. The van der Waals surface area contributed by atoms with E-state index in [1.54, 1.807) is 11.9 Å². The summed E-state index contributed by atoms with van der Waals surface area (Å²) < 4.78 is 0. The minimum Gasteiger partial charge on any atom is -0.339 e. The SMILES string of the molecule is CCN(CC)C(=O)C1=CC2=C[C@H](C(=O)N(C)C(=O)N(CC)CC)[C@H]3[C@@H]4CCC[C@@]4(C)CC[C@@H]3[C@@]2(C)CC1. The summed E-state index contributed by atoms with van der Waals surface area (Å²) in [6.07, 6.45) is 12.0. The van der Waals surface area contributed by atoms with E-state index in [9.17, 15) is 14.4 Å². The number of nitrogens with zero attached hydrogens (tertiary/aromatic N) is 3. The molecular formula is C31H49N3O3. The largest absolute Gasteiger partial charge is 0.339 e. The summed E-state index contributed by atoms with van der Waals surface area (Å²) >= 11 is 0. The molecule has 0 heterocycles. The highest BCUT2D eigenvalue weighted by molar-refractivity contribution is 5.97. The maximum atomic E-state index is 14.2. The summed E-state index contributed by atoms with van der Waals surface area (Å²) in [6.45, 7) is 15.4. The number of urea groups is 1. The summed E-state index contributed by atoms with van der Waals surface area (Å²) in [5, 5.41) is 0. The van der Waals surface area contributed by atoms with Gasteiger partial charge in [0.05, 0.1) is 5.92 Å². The molecule has 2 saturated carbocycles. The van der Waals surface area contributed by atoms with Crippen LogP contribution in [0.15, 0.2) is 23.3 Å². The standard InChI is InChI=1S/C31H49N3O3/c1-8-33(9-2)27(35)21-14-18-31(6)22(19-21)20-23(28(36)32(7)29(37)34(10-3)11-4)26-24-13-12-16-30(24,5)17-15-25(26)31/h19-20,23-26H,8-18H2,1-7H3/t23-,24-,25-,26-,30-,31-/m0/s1. The van der Waals surface area contributed by atoms with Gasteiger partial charge in [0.15, 0.2) is 0 Å². The van der Waals surface area contributed by atoms with Gasteiger partial charge < -0.3 is 9.80 Å². The maximum Gasteiger partial charge on any atom is 0.326 e. The minimum atomic E-state index is -0.320. The summed E-state index contributed by atoms with van der Waals surface area (Å²) in [6, 6.07) is -0.208. The second-order valence-electron chi connectivity index (χ2n) is 12.4. The molecule has 6 heteroatoms. The Morgan fingerprint density at radius 1 is 0.892 bits per heavy atom. The van der Waals surface area contributed by atoms with Crippen LogP contribution in [0.5, 0.6) is 0 Å². The zero-order valence-electron chi connectivity index (χ0n) is 24.3. The molecule has 0 spiro atoms. The molecule has 206 valence electrons. The molecule has 37 heavy (non-hydrogen) atoms. The van der Waals surface area contributed by atoms with Crippen LogP contribution in [0.4, 0.5) is 4.79 Å². The van der Waals surface area contributed by atoms with Gasteiger partial charge in [0.2, 0.25) is 11.8 Å². The zero-order chi connectivity index (χ0) is 27.1. The van der Waals surface area contributed by atoms with Crippen molar-refractivity contribution in [3.05, 3.63) is 23.3 Å². The van der Waals surface area contributed by atoms with E-state index in [0.717, 1.165) is 30.4 Å². The molecule has 0 aromatic rings. The first-order valence-electron chi connectivity index (χ1n) is 14.8. The van der Waals surface area contributed by atoms with Gasteiger partial charge in [-0.25, -0.2) is 4.79 Å². The molecule has 0 bridgehead atoms. The minimum absolute atomic E-state index is 0.0279. The quantitative estimate of drug-likeness (QED) is 0.447. The van der Waals surface area contributed by atoms with Crippen molar-refractivity contribution in [2.45, 2.75) is 86.5 Å². The van der Waals surface area contributed by atoms with Crippen LogP contribution in [0.2, 0.25) is 0 Å². The Labute approximate surface area is 224 Å². The van der Waals surface area contributed by atoms with Gasteiger partial charge in [-0.05, 0) is 100 Å². The highest BCUT2D eigenvalue weighted by Crippen LogP contribution is 2.65. The Balaban J connectivity index is 1.78. The first-order valence-corrected chi connectivity index (χ1v) is 14.8. The van der Waals surface area contributed by atoms with Crippen LogP contribution in [-0.4, -0.2) is 65.8 Å². The fourth-order valence-electron chi connectivity index (χ4n) is 8.48. The lowest BCUT2D eigenvalue weighted by Gasteiger charge is -2.58.